The monoisotopic (exact) mass is 588 g/mol. The van der Waals surface area contributed by atoms with Crippen molar-refractivity contribution in [2.45, 2.75) is 25.1 Å². The highest BCUT2D eigenvalue weighted by Gasteiger charge is 2.33. The second-order valence-corrected chi connectivity index (χ2v) is 11.4. The summed E-state index contributed by atoms with van der Waals surface area (Å²) in [5.74, 6) is 0.640. The number of aromatic nitrogens is 1. The molecule has 204 valence electrons. The van der Waals surface area contributed by atoms with Gasteiger partial charge in [0.05, 0.1) is 21.8 Å². The predicted octanol–water partition coefficient (Wildman–Crippen LogP) is 7.25. The molecule has 0 amide bonds. The zero-order valence-corrected chi connectivity index (χ0v) is 22.9. The van der Waals surface area contributed by atoms with Gasteiger partial charge in [-0.3, -0.25) is 9.36 Å². The second kappa shape index (κ2) is 9.75. The molecule has 0 bridgehead atoms. The Morgan fingerprint density at radius 3 is 2.59 bits per heavy atom. The third kappa shape index (κ3) is 4.57. The maximum absolute atomic E-state index is 13.9. The van der Waals surface area contributed by atoms with E-state index in [4.69, 9.17) is 21.0 Å². The average Bonchev–Trinajstić information content (AvgIpc) is 3.56. The zero-order valence-electron chi connectivity index (χ0n) is 21.3. The van der Waals surface area contributed by atoms with Crippen LogP contribution in [0.15, 0.2) is 105 Å². The van der Waals surface area contributed by atoms with E-state index < -0.39 is 11.7 Å². The standard InChI is InChI=1S/C32H20ClF3N2O2S/c33-22-11-8-19(9-12-22)29-25-14-10-18-4-1-2-7-24(18)28(25)37-31-38(29)30(39)27(41-31)17-23-13-15-26(40-23)20-5-3-6-21(16-20)32(34,35)36/h1-9,11-13,15-17,29H,10,14H2/b27-17-/t29-/m0/s1. The first-order chi connectivity index (χ1) is 19.8. The molecular formula is C32H20ClF3N2O2S. The van der Waals surface area contributed by atoms with Gasteiger partial charge >= 0.3 is 6.18 Å². The van der Waals surface area contributed by atoms with E-state index in [-0.39, 0.29) is 17.4 Å². The number of rotatable bonds is 3. The van der Waals surface area contributed by atoms with Crippen molar-refractivity contribution in [2.24, 2.45) is 4.99 Å². The summed E-state index contributed by atoms with van der Waals surface area (Å²) in [6.07, 6.45) is -1.22. The van der Waals surface area contributed by atoms with Crippen molar-refractivity contribution in [2.75, 3.05) is 0 Å². The van der Waals surface area contributed by atoms with Crippen molar-refractivity contribution >= 4 is 34.7 Å². The van der Waals surface area contributed by atoms with Gasteiger partial charge in [0, 0.05) is 22.2 Å². The van der Waals surface area contributed by atoms with Gasteiger partial charge in [0.25, 0.3) is 5.56 Å². The van der Waals surface area contributed by atoms with Gasteiger partial charge in [-0.05, 0) is 65.9 Å². The summed E-state index contributed by atoms with van der Waals surface area (Å²) in [5, 5.41) is 0.610. The second-order valence-electron chi connectivity index (χ2n) is 9.95. The quantitative estimate of drug-likeness (QED) is 0.223. The molecule has 0 radical (unpaired) electrons. The van der Waals surface area contributed by atoms with Gasteiger partial charge < -0.3 is 4.42 Å². The summed E-state index contributed by atoms with van der Waals surface area (Å²) in [6.45, 7) is 0. The maximum Gasteiger partial charge on any atom is 0.416 e. The van der Waals surface area contributed by atoms with Gasteiger partial charge in [-0.2, -0.15) is 13.2 Å². The van der Waals surface area contributed by atoms with Crippen molar-refractivity contribution in [1.29, 1.82) is 0 Å². The van der Waals surface area contributed by atoms with E-state index in [9.17, 15) is 18.0 Å². The van der Waals surface area contributed by atoms with E-state index in [1.807, 2.05) is 36.4 Å². The molecule has 3 heterocycles. The Morgan fingerprint density at radius 1 is 0.976 bits per heavy atom. The Kier molecular flexibility index (Phi) is 6.14. The molecule has 0 fully saturated rings. The van der Waals surface area contributed by atoms with Gasteiger partial charge in [-0.15, -0.1) is 0 Å². The fourth-order valence-electron chi connectivity index (χ4n) is 5.53. The molecule has 0 unspecified atom stereocenters. The molecule has 0 spiro atoms. The molecular weight excluding hydrogens is 569 g/mol. The Bertz CT molecular complexity index is 2030. The molecule has 0 N–H and O–H groups in total. The van der Waals surface area contributed by atoms with Crippen molar-refractivity contribution in [3.8, 4) is 11.3 Å². The molecule has 2 aliphatic rings. The maximum atomic E-state index is 13.9. The first kappa shape index (κ1) is 25.8. The number of aryl methyl sites for hydroxylation is 1. The van der Waals surface area contributed by atoms with Crippen LogP contribution in [0.4, 0.5) is 13.2 Å². The molecule has 2 aromatic heterocycles. The molecule has 1 aliphatic carbocycles. The van der Waals surface area contributed by atoms with E-state index >= 15 is 0 Å². The number of halogens is 4. The molecule has 1 atom stereocenters. The van der Waals surface area contributed by atoms with Gasteiger partial charge in [0.2, 0.25) is 0 Å². The van der Waals surface area contributed by atoms with Crippen LogP contribution in [-0.4, -0.2) is 4.57 Å². The summed E-state index contributed by atoms with van der Waals surface area (Å²) in [5.41, 5.74) is 4.54. The predicted molar refractivity (Wildman–Crippen MR) is 153 cm³/mol. The lowest BCUT2D eigenvalue weighted by atomic mass is 9.83. The van der Waals surface area contributed by atoms with E-state index in [0.29, 0.717) is 25.7 Å². The fraction of sp³-hybridized carbons (Fsp3) is 0.125. The number of allylic oxidation sites excluding steroid dienone is 1. The SMILES string of the molecule is O=c1/c(=C/c2ccc(-c3cccc(C(F)(F)F)c3)o2)sc2n1[C@@H](c1ccc(Cl)cc1)C1=C(N=2)c2ccccc2CC1. The van der Waals surface area contributed by atoms with Gasteiger partial charge in [0.15, 0.2) is 4.80 Å². The van der Waals surface area contributed by atoms with Crippen molar-refractivity contribution in [3.63, 3.8) is 0 Å². The van der Waals surface area contributed by atoms with Crippen molar-refractivity contribution < 1.29 is 17.6 Å². The highest BCUT2D eigenvalue weighted by Crippen LogP contribution is 2.41. The number of nitrogens with zero attached hydrogens (tertiary/aromatic N) is 2. The third-order valence-electron chi connectivity index (χ3n) is 7.43. The number of fused-ring (bicyclic) bond motifs is 3. The van der Waals surface area contributed by atoms with Crippen LogP contribution in [0.5, 0.6) is 0 Å². The Balaban J connectivity index is 1.36. The molecule has 0 saturated heterocycles. The van der Waals surface area contributed by atoms with E-state index in [0.717, 1.165) is 47.4 Å². The van der Waals surface area contributed by atoms with Crippen LogP contribution in [0.2, 0.25) is 5.02 Å². The highest BCUT2D eigenvalue weighted by atomic mass is 35.5. The Hall–Kier alpha value is -4.14. The molecule has 3 aromatic carbocycles. The minimum absolute atomic E-state index is 0.212. The summed E-state index contributed by atoms with van der Waals surface area (Å²) >= 11 is 7.45. The van der Waals surface area contributed by atoms with Crippen LogP contribution in [0.25, 0.3) is 23.1 Å². The number of hydrogen-bond donors (Lipinski definition) is 0. The lowest BCUT2D eigenvalue weighted by molar-refractivity contribution is -0.137. The highest BCUT2D eigenvalue weighted by molar-refractivity contribution is 7.07. The summed E-state index contributed by atoms with van der Waals surface area (Å²) < 4.78 is 47.6. The van der Waals surface area contributed by atoms with Gasteiger partial charge in [-0.1, -0.05) is 71.5 Å². The Morgan fingerprint density at radius 2 is 1.78 bits per heavy atom. The minimum Gasteiger partial charge on any atom is -0.457 e. The van der Waals surface area contributed by atoms with Crippen LogP contribution >= 0.6 is 22.9 Å². The fourth-order valence-corrected chi connectivity index (χ4v) is 6.64. The number of benzene rings is 3. The third-order valence-corrected chi connectivity index (χ3v) is 8.67. The smallest absolute Gasteiger partial charge is 0.416 e. The van der Waals surface area contributed by atoms with E-state index in [1.54, 1.807) is 28.8 Å². The molecule has 4 nitrogen and oxygen atoms in total. The molecule has 9 heteroatoms. The largest absolute Gasteiger partial charge is 0.457 e. The number of hydrogen-bond acceptors (Lipinski definition) is 4. The lowest BCUT2D eigenvalue weighted by Gasteiger charge is -2.30. The topological polar surface area (TPSA) is 47.5 Å². The molecule has 0 saturated carbocycles. The van der Waals surface area contributed by atoms with Crippen LogP contribution in [0, 0.1) is 0 Å². The summed E-state index contributed by atoms with van der Waals surface area (Å²) in [4.78, 5) is 19.4. The normalized spacial score (nSPS) is 16.7. The van der Waals surface area contributed by atoms with Gasteiger partial charge in [0.1, 0.15) is 11.5 Å². The number of thiazole rings is 1. The molecule has 5 aromatic rings. The van der Waals surface area contributed by atoms with Crippen molar-refractivity contribution in [3.05, 3.63) is 143 Å². The lowest BCUT2D eigenvalue weighted by Crippen LogP contribution is -2.38. The zero-order chi connectivity index (χ0) is 28.3. The minimum atomic E-state index is -4.46. The van der Waals surface area contributed by atoms with E-state index in [2.05, 4.69) is 12.1 Å². The average molecular weight is 589 g/mol. The van der Waals surface area contributed by atoms with Crippen LogP contribution in [-0.2, 0) is 12.6 Å². The number of alkyl halides is 3. The van der Waals surface area contributed by atoms with Crippen LogP contribution < -0.4 is 14.9 Å². The first-order valence-electron chi connectivity index (χ1n) is 12.9. The van der Waals surface area contributed by atoms with E-state index in [1.165, 1.54) is 23.0 Å². The first-order valence-corrected chi connectivity index (χ1v) is 14.1. The molecule has 7 rings (SSSR count). The van der Waals surface area contributed by atoms with Crippen molar-refractivity contribution in [1.82, 2.24) is 4.57 Å². The van der Waals surface area contributed by atoms with Crippen LogP contribution in [0.3, 0.4) is 0 Å². The van der Waals surface area contributed by atoms with Crippen LogP contribution in [0.1, 0.15) is 40.5 Å². The molecule has 41 heavy (non-hydrogen) atoms. The summed E-state index contributed by atoms with van der Waals surface area (Å²) in [7, 11) is 0. The van der Waals surface area contributed by atoms with Gasteiger partial charge in [-0.25, -0.2) is 4.99 Å². The Labute approximate surface area is 241 Å². The molecule has 1 aliphatic heterocycles. The summed E-state index contributed by atoms with van der Waals surface area (Å²) in [6, 6.07) is 23.6. The number of furan rings is 1.